The molecule has 0 aliphatic carbocycles. The molecule has 0 radical (unpaired) electrons. The van der Waals surface area contributed by atoms with E-state index in [1.54, 1.807) is 36.4 Å². The molecule has 350 valence electrons. The van der Waals surface area contributed by atoms with E-state index in [9.17, 15) is 13.2 Å². The van der Waals surface area contributed by atoms with Gasteiger partial charge in [0.25, 0.3) is 0 Å². The Morgan fingerprint density at radius 3 is 0.803 bits per heavy atom. The minimum atomic E-state index is -4.48. The van der Waals surface area contributed by atoms with Crippen LogP contribution in [0.2, 0.25) is 0 Å². The summed E-state index contributed by atoms with van der Waals surface area (Å²) in [4.78, 5) is 39.0. The average molecular weight is 1270 g/mol. The molecule has 3 aromatic carbocycles. The molecule has 0 saturated heterocycles. The predicted octanol–water partition coefficient (Wildman–Crippen LogP) is 17.1. The van der Waals surface area contributed by atoms with Gasteiger partial charge in [0.05, 0.1) is 12.1 Å². The molecular formula is C35H13Cl18F3N10. The highest BCUT2D eigenvalue weighted by Crippen LogP contribution is 2.44. The van der Waals surface area contributed by atoms with Gasteiger partial charge in [-0.15, -0.1) is 0 Å². The van der Waals surface area contributed by atoms with Crippen molar-refractivity contribution in [2.24, 2.45) is 0 Å². The van der Waals surface area contributed by atoms with Crippen LogP contribution in [0.3, 0.4) is 0 Å². The van der Waals surface area contributed by atoms with Gasteiger partial charge in [-0.1, -0.05) is 276 Å². The van der Waals surface area contributed by atoms with E-state index in [-0.39, 0.29) is 58.0 Å². The van der Waals surface area contributed by atoms with Crippen LogP contribution in [0, 0.1) is 6.57 Å². The Labute approximate surface area is 461 Å². The fourth-order valence-electron chi connectivity index (χ4n) is 4.36. The lowest BCUT2D eigenvalue weighted by molar-refractivity contribution is -0.137. The molecule has 0 atom stereocenters. The Bertz CT molecular complexity index is 2560. The van der Waals surface area contributed by atoms with Gasteiger partial charge < -0.3 is 0 Å². The predicted molar refractivity (Wildman–Crippen MR) is 262 cm³/mol. The van der Waals surface area contributed by atoms with Crippen LogP contribution < -0.4 is 0 Å². The van der Waals surface area contributed by atoms with Gasteiger partial charge in [-0.2, -0.15) is 13.2 Å². The molecule has 6 rings (SSSR count). The van der Waals surface area contributed by atoms with Gasteiger partial charge in [0.15, 0.2) is 58.1 Å². The van der Waals surface area contributed by atoms with Gasteiger partial charge >= 0.3 is 6.18 Å². The molecule has 0 aliphatic rings. The summed E-state index contributed by atoms with van der Waals surface area (Å²) in [5.74, 6) is -0.928. The van der Waals surface area contributed by atoms with E-state index in [4.69, 9.17) is 215 Å². The van der Waals surface area contributed by atoms with Crippen LogP contribution in [0.15, 0.2) is 78.9 Å². The summed E-state index contributed by atoms with van der Waals surface area (Å²) in [6.45, 7) is 6.93. The molecule has 66 heavy (non-hydrogen) atoms. The lowest BCUT2D eigenvalue weighted by atomic mass is 10.1. The molecule has 10 nitrogen and oxygen atoms in total. The van der Waals surface area contributed by atoms with E-state index in [0.29, 0.717) is 16.8 Å². The molecule has 3 heterocycles. The average Bonchev–Trinajstić information content (AvgIpc) is 3.22. The SMILES string of the molecule is ClC(Cl)(Cl)c1nc(-c2ccccc2)nc(C(Cl)(Cl)Cl)n1.FC(F)(F)c1ccc(-c2nc(C(Cl)(Cl)Cl)nc(C(Cl)(Cl)Cl)n2)cc1.[C-]#[N+]c1ccc(-c2nc(C(Cl)(Cl)Cl)nc(C(Cl)(Cl)Cl)n2)cc1. The molecule has 6 aromatic rings. The zero-order valence-electron chi connectivity index (χ0n) is 30.9. The van der Waals surface area contributed by atoms with Crippen molar-refractivity contribution in [3.05, 3.63) is 131 Å². The lowest BCUT2D eigenvalue weighted by Gasteiger charge is -2.15. The lowest BCUT2D eigenvalue weighted by Crippen LogP contribution is -2.16. The van der Waals surface area contributed by atoms with Crippen molar-refractivity contribution >= 4 is 215 Å². The monoisotopic (exact) mass is 1260 g/mol. The molecule has 0 fully saturated rings. The maximum Gasteiger partial charge on any atom is 0.416 e. The van der Waals surface area contributed by atoms with E-state index < -0.39 is 34.5 Å². The van der Waals surface area contributed by atoms with E-state index in [0.717, 1.165) is 24.3 Å². The topological polar surface area (TPSA) is 120 Å². The Morgan fingerprint density at radius 2 is 0.576 bits per heavy atom. The first-order valence-corrected chi connectivity index (χ1v) is 23.3. The Balaban J connectivity index is 0.000000217. The van der Waals surface area contributed by atoms with Gasteiger partial charge in [-0.3, -0.25) is 0 Å². The van der Waals surface area contributed by atoms with Gasteiger partial charge in [0, 0.05) is 16.7 Å². The Kier molecular flexibility index (Phi) is 19.9. The Morgan fingerprint density at radius 1 is 0.333 bits per heavy atom. The third kappa shape index (κ3) is 17.2. The molecule has 0 spiro atoms. The molecular weight excluding hydrogens is 1260 g/mol. The number of alkyl halides is 21. The highest BCUT2D eigenvalue weighted by molar-refractivity contribution is 6.69. The van der Waals surface area contributed by atoms with Gasteiger partial charge in [0.1, 0.15) is 0 Å². The molecule has 0 unspecified atom stereocenters. The van der Waals surface area contributed by atoms with E-state index in [2.05, 4.69) is 49.7 Å². The van der Waals surface area contributed by atoms with Crippen molar-refractivity contribution in [3.63, 3.8) is 0 Å². The Hall–Kier alpha value is -0.810. The largest absolute Gasteiger partial charge is 0.416 e. The minimum absolute atomic E-state index is 0.110. The van der Waals surface area contributed by atoms with Crippen LogP contribution >= 0.6 is 209 Å². The maximum atomic E-state index is 12.6. The van der Waals surface area contributed by atoms with Crippen molar-refractivity contribution in [1.29, 1.82) is 0 Å². The fourth-order valence-corrected chi connectivity index (χ4v) is 5.88. The van der Waals surface area contributed by atoms with E-state index >= 15 is 0 Å². The van der Waals surface area contributed by atoms with Crippen molar-refractivity contribution in [3.8, 4) is 34.2 Å². The van der Waals surface area contributed by atoms with Gasteiger partial charge in [0.2, 0.25) is 22.8 Å². The summed E-state index contributed by atoms with van der Waals surface area (Å²) in [6, 6.07) is 19.4. The number of nitrogens with zero attached hydrogens (tertiary/aromatic N) is 10. The number of rotatable bonds is 3. The molecule has 3 aromatic heterocycles. The van der Waals surface area contributed by atoms with Crippen molar-refractivity contribution < 1.29 is 13.2 Å². The first-order chi connectivity index (χ1) is 30.1. The third-order valence-corrected chi connectivity index (χ3v) is 10.2. The van der Waals surface area contributed by atoms with Gasteiger partial charge in [-0.25, -0.2) is 49.7 Å². The molecule has 0 N–H and O–H groups in total. The maximum absolute atomic E-state index is 12.6. The number of halogens is 21. The van der Waals surface area contributed by atoms with Crippen LogP contribution in [0.25, 0.3) is 39.0 Å². The molecule has 0 bridgehead atoms. The first-order valence-electron chi connectivity index (χ1n) is 16.5. The zero-order valence-corrected chi connectivity index (χ0v) is 44.5. The summed E-state index contributed by atoms with van der Waals surface area (Å²) < 4.78 is 26.2. The molecule has 0 aliphatic heterocycles. The summed E-state index contributed by atoms with van der Waals surface area (Å²) in [5, 5.41) is 0. The highest BCUT2D eigenvalue weighted by atomic mass is 35.6. The van der Waals surface area contributed by atoms with E-state index in [1.165, 1.54) is 0 Å². The summed E-state index contributed by atoms with van der Waals surface area (Å²) in [5.41, 5.74) is 1.04. The smallest absolute Gasteiger partial charge is 0.238 e. The number of hydrogen-bond acceptors (Lipinski definition) is 9. The van der Waals surface area contributed by atoms with Crippen molar-refractivity contribution in [2.75, 3.05) is 0 Å². The van der Waals surface area contributed by atoms with E-state index in [1.807, 2.05) is 18.2 Å². The van der Waals surface area contributed by atoms with Crippen molar-refractivity contribution in [2.45, 2.75) is 28.9 Å². The molecule has 31 heteroatoms. The number of benzene rings is 3. The number of aromatic nitrogens is 9. The van der Waals surface area contributed by atoms with Crippen molar-refractivity contribution in [1.82, 2.24) is 44.9 Å². The number of hydrogen-bond donors (Lipinski definition) is 0. The van der Waals surface area contributed by atoms with Crippen LogP contribution in [0.1, 0.15) is 40.5 Å². The van der Waals surface area contributed by atoms with Crippen LogP contribution in [-0.2, 0) is 28.9 Å². The second kappa shape index (κ2) is 22.7. The third-order valence-electron chi connectivity index (χ3n) is 7.18. The normalized spacial score (nSPS) is 12.6. The second-order valence-corrected chi connectivity index (χ2v) is 25.7. The van der Waals surface area contributed by atoms with Crippen LogP contribution in [0.4, 0.5) is 18.9 Å². The summed E-state index contributed by atoms with van der Waals surface area (Å²) in [6.07, 6.45) is -4.48. The molecule has 0 saturated carbocycles. The van der Waals surface area contributed by atoms with Gasteiger partial charge in [-0.05, 0) is 12.1 Å². The first kappa shape index (κ1) is 57.8. The minimum Gasteiger partial charge on any atom is -0.238 e. The fraction of sp³-hybridized carbons (Fsp3) is 0.200. The summed E-state index contributed by atoms with van der Waals surface area (Å²) in [7, 11) is 0. The zero-order chi connectivity index (χ0) is 49.8. The quantitative estimate of drug-likeness (QED) is 0.126. The van der Waals surface area contributed by atoms with Crippen LogP contribution in [0.5, 0.6) is 0 Å². The highest BCUT2D eigenvalue weighted by Gasteiger charge is 2.37. The standard InChI is InChI=1S/C12H4Cl6F3N3.C12H4Cl6N4.C11H5Cl6N3/c13-10(14,15)8-22-7(23-9(24-8)11(16,17)18)5-1-3-6(4-2-5)12(19,20)21;1-19-7-4-2-6(3-5-7)8-20-9(11(13,14)15)22-10(21-8)12(16,17)18;12-10(13,14)8-18-7(6-4-2-1-3-5-6)19-9(20-8)11(15,16)17/h1-4H;2-5H;1-5H. The van der Waals surface area contributed by atoms with Crippen LogP contribution in [-0.4, -0.2) is 44.9 Å². The second-order valence-electron chi connectivity index (χ2n) is 12.0. The molecule has 0 amide bonds. The summed E-state index contributed by atoms with van der Waals surface area (Å²) >= 11 is 104.